The number of nitrogens with two attached hydrogens (primary N) is 1. The molecule has 4 fully saturated rings. The first kappa shape index (κ1) is 89.6. The molecule has 0 aliphatic carbocycles. The number of hydrogen-bond donors (Lipinski definition) is 11. The van der Waals surface area contributed by atoms with Crippen LogP contribution in [0, 0.1) is 18.7 Å². The fraction of sp³-hybridized carbons (Fsp3) is 0.291. The van der Waals surface area contributed by atoms with Crippen molar-refractivity contribution in [1.82, 2.24) is 104 Å². The Labute approximate surface area is 800 Å². The third-order valence-corrected chi connectivity index (χ3v) is 27.5. The number of aromatic nitrogens is 15. The molecule has 0 saturated carbocycles. The van der Waals surface area contributed by atoms with Crippen molar-refractivity contribution in [2.45, 2.75) is 84.3 Å². The van der Waals surface area contributed by atoms with Gasteiger partial charge in [0, 0.05) is 242 Å². The zero-order chi connectivity index (χ0) is 95.4. The van der Waals surface area contributed by atoms with Crippen LogP contribution in [-0.4, -0.2) is 204 Å². The molecule has 706 valence electrons. The van der Waals surface area contributed by atoms with Crippen molar-refractivity contribution < 1.29 is 28.7 Å². The number of halogens is 1. The van der Waals surface area contributed by atoms with E-state index in [0.29, 0.717) is 100 Å². The van der Waals surface area contributed by atoms with E-state index in [9.17, 15) is 28.7 Å². The van der Waals surface area contributed by atoms with E-state index in [1.54, 1.807) is 49.6 Å². The maximum atomic E-state index is 13.6. The highest BCUT2D eigenvalue weighted by molar-refractivity contribution is 6.10. The summed E-state index contributed by atoms with van der Waals surface area (Å²) in [6.07, 6.45) is 23.9. The van der Waals surface area contributed by atoms with Crippen LogP contribution < -0.4 is 73.2 Å². The number of hydrogen-bond acceptors (Lipinski definition) is 27. The van der Waals surface area contributed by atoms with Gasteiger partial charge in [0.25, 0.3) is 23.6 Å². The van der Waals surface area contributed by atoms with E-state index >= 15 is 0 Å². The Balaban J connectivity index is 0.000000110. The number of nitrogens with one attached hydrogen (secondary N) is 9. The molecule has 1 aromatic carbocycles. The van der Waals surface area contributed by atoms with Gasteiger partial charge in [-0.3, -0.25) is 38.5 Å². The Morgan fingerprint density at radius 2 is 0.928 bits per heavy atom. The van der Waals surface area contributed by atoms with Gasteiger partial charge in [-0.25, -0.2) is 44.3 Å². The highest BCUT2D eigenvalue weighted by Gasteiger charge is 2.36. The second-order valence-electron chi connectivity index (χ2n) is 36.9. The summed E-state index contributed by atoms with van der Waals surface area (Å²) in [5.74, 6) is 4.85. The topological polar surface area (TPSA) is 400 Å². The molecule has 0 bridgehead atoms. The molecule has 24 rings (SSSR count). The zero-order valence-electron chi connectivity index (χ0n) is 78.3. The van der Waals surface area contributed by atoms with Gasteiger partial charge >= 0.3 is 0 Å². The van der Waals surface area contributed by atoms with Crippen molar-refractivity contribution in [1.29, 1.82) is 0 Å². The van der Waals surface area contributed by atoms with Crippen LogP contribution in [0.2, 0.25) is 0 Å². The van der Waals surface area contributed by atoms with Crippen LogP contribution in [0.3, 0.4) is 0 Å². The summed E-state index contributed by atoms with van der Waals surface area (Å²) in [6.45, 7) is 18.6. The monoisotopic (exact) mass is 1860 g/mol. The molecule has 4 saturated heterocycles. The molecule has 23 heterocycles. The van der Waals surface area contributed by atoms with Gasteiger partial charge in [-0.05, 0) is 156 Å². The van der Waals surface area contributed by atoms with Crippen LogP contribution in [0.25, 0.3) is 83.8 Å². The van der Waals surface area contributed by atoms with Crippen LogP contribution in [-0.2, 0) is 47.3 Å². The van der Waals surface area contributed by atoms with Crippen molar-refractivity contribution in [2.75, 3.05) is 126 Å². The molecule has 35 nitrogen and oxygen atoms in total. The number of carbonyl (C=O) groups excluding carboxylic acids is 4. The maximum Gasteiger partial charge on any atom is 0.254 e. The number of nitrogens with zero attached hydrogens (tertiary/aromatic N) is 20. The van der Waals surface area contributed by atoms with E-state index in [1.807, 2.05) is 176 Å². The fourth-order valence-electron chi connectivity index (χ4n) is 20.0. The van der Waals surface area contributed by atoms with Gasteiger partial charge in [0.05, 0.1) is 110 Å². The summed E-state index contributed by atoms with van der Waals surface area (Å²) in [5, 5.41) is 42.1. The summed E-state index contributed by atoms with van der Waals surface area (Å²) in [5.41, 5.74) is 26.3. The minimum absolute atomic E-state index is 0.104. The molecular weight excluding hydrogens is 1760 g/mol. The van der Waals surface area contributed by atoms with Gasteiger partial charge < -0.3 is 96.9 Å². The van der Waals surface area contributed by atoms with Crippen LogP contribution in [0.5, 0.6) is 0 Å². The lowest BCUT2D eigenvalue weighted by Gasteiger charge is -2.39. The molecule has 2 atom stereocenters. The number of likely N-dealkylation sites (N-methyl/N-ethyl adjacent to an activating group) is 1. The number of fused-ring (bicyclic) bond motifs is 8. The lowest BCUT2D eigenvalue weighted by molar-refractivity contribution is 0.0110. The molecular formula is C103H107FN30O5. The SMILES string of the molecule is CN1CCN(c2cccc(Nc3ccc(-c4cnc5cc(F)ccn45)c4c3C(=O)NC4)n2)CC1.Cc1cc2c(-c3ncc(Nc4ccc(N5CCC[C@H](C(C)(C)O)C5)cn4)c4c3CNC4=O)ccnc2n1C.Cn1ccc2c(-c3ncc(Nc4cccc(N5CCC[C@@H](N)C5)n4)c4c3CNC4=O)ccnc21.Cn1ccc2c(-c3ncc(Nc4cccc(N5CCNCC5)n4)c4c3CNC4=O)ccnc21. The Hall–Kier alpha value is -15.9. The van der Waals surface area contributed by atoms with Gasteiger partial charge in [0.2, 0.25) is 0 Å². The molecule has 0 unspecified atom stereocenters. The van der Waals surface area contributed by atoms with E-state index < -0.39 is 5.60 Å². The second kappa shape index (κ2) is 37.6. The van der Waals surface area contributed by atoms with Gasteiger partial charge in [0.15, 0.2) is 0 Å². The number of pyridine rings is 11. The number of benzene rings is 1. The number of aryl methyl sites for hydroxylation is 4. The van der Waals surface area contributed by atoms with Gasteiger partial charge in [-0.15, -0.1) is 0 Å². The van der Waals surface area contributed by atoms with E-state index in [4.69, 9.17) is 35.6 Å². The quantitative estimate of drug-likeness (QED) is 0.0403. The number of piperidine rings is 2. The molecule has 36 heteroatoms. The number of imidazole rings is 1. The number of rotatable bonds is 17. The number of amides is 4. The first-order valence-electron chi connectivity index (χ1n) is 47.1. The van der Waals surface area contributed by atoms with E-state index in [-0.39, 0.29) is 41.4 Å². The molecule has 0 spiro atoms. The Bertz CT molecular complexity index is 7480. The average molecular weight is 1860 g/mol. The average Bonchev–Trinajstić information content (AvgIpc) is 1.64. The molecule has 12 N–H and O–H groups in total. The van der Waals surface area contributed by atoms with Crippen LogP contribution in [0.1, 0.15) is 109 Å². The Kier molecular flexibility index (Phi) is 24.3. The van der Waals surface area contributed by atoms with Crippen LogP contribution in [0.15, 0.2) is 196 Å². The normalized spacial score (nSPS) is 16.7. The van der Waals surface area contributed by atoms with Crippen LogP contribution >= 0.6 is 0 Å². The number of carbonyl (C=O) groups is 4. The molecule has 15 aromatic heterocycles. The first-order valence-corrected chi connectivity index (χ1v) is 47.1. The molecule has 8 aliphatic heterocycles. The summed E-state index contributed by atoms with van der Waals surface area (Å²) < 4.78 is 21.5. The first-order chi connectivity index (χ1) is 67.5. The van der Waals surface area contributed by atoms with E-state index in [1.165, 1.54) is 12.1 Å². The second-order valence-corrected chi connectivity index (χ2v) is 36.9. The van der Waals surface area contributed by atoms with Crippen molar-refractivity contribution in [3.05, 3.63) is 252 Å². The molecule has 4 amide bonds. The fourth-order valence-corrected chi connectivity index (χ4v) is 20.0. The zero-order valence-corrected chi connectivity index (χ0v) is 78.3. The highest BCUT2D eigenvalue weighted by atomic mass is 19.1. The minimum Gasteiger partial charge on any atom is -0.390 e. The van der Waals surface area contributed by atoms with Crippen molar-refractivity contribution in [3.63, 3.8) is 0 Å². The smallest absolute Gasteiger partial charge is 0.254 e. The third kappa shape index (κ3) is 17.8. The Morgan fingerprint density at radius 1 is 0.439 bits per heavy atom. The molecule has 8 aliphatic rings. The standard InChI is InChI=1S/C29H33N7O2.C25H24FN7O.C25H26N8O.C24H24N8O/c1-17-12-21-20(9-10-30-27(21)35(17)4)26-22-14-33-28(37)25(22)23(15-32-26)34-24-8-7-19(13-31-24)36-11-5-6-18(16-36)29(2,3)38;1-31-9-11-32(12-10-31)22-4-2-3-21(30-22)29-19-6-5-17(18-14-28-25(34)24(18)19)20-15-27-23-13-16(26)7-8-33(20)23;1-32-11-8-17-16(7-9-27-24(17)32)23-18-12-29-25(34)22(18)19(13-28-23)30-20-5-2-6-21(31-20)33-10-3-4-15(26)14-33;1-31-10-6-16-15(5-7-26-23(16)31)22-17-13-28-24(33)21(17)18(14-27-22)29-19-3-2-4-20(30-19)32-11-8-25-9-12-32/h7-10,12-13,15,18,38H,5-6,11,14,16H2,1-4H3,(H,31,34)(H,33,37);2-8,13,15H,9-12,14H2,1H3,(H,28,34)(H,29,30);2,5-9,11,13,15H,3-4,10,12,14,26H2,1H3,(H,29,34)(H,30,31);2-7,10,14,25H,8-9,11-13H2,1H3,(H,28,33)(H,29,30)/t18-;;15-;/m0.1./s1. The maximum absolute atomic E-state index is 13.6. The van der Waals surface area contributed by atoms with Crippen molar-refractivity contribution in [2.24, 2.45) is 32.8 Å². The van der Waals surface area contributed by atoms with Crippen molar-refractivity contribution in [3.8, 4) is 45.0 Å². The van der Waals surface area contributed by atoms with E-state index in [2.05, 4.69) is 122 Å². The van der Waals surface area contributed by atoms with Gasteiger partial charge in [-0.2, -0.15) is 0 Å². The molecule has 0 radical (unpaired) electrons. The molecule has 139 heavy (non-hydrogen) atoms. The number of aliphatic hydroxyl groups is 1. The third-order valence-electron chi connectivity index (χ3n) is 27.5. The predicted octanol–water partition coefficient (Wildman–Crippen LogP) is 13.0. The lowest BCUT2D eigenvalue weighted by Crippen LogP contribution is -2.44. The summed E-state index contributed by atoms with van der Waals surface area (Å²) in [4.78, 5) is 114. The predicted molar refractivity (Wildman–Crippen MR) is 537 cm³/mol. The van der Waals surface area contributed by atoms with Crippen molar-refractivity contribution >= 4 is 132 Å². The van der Waals surface area contributed by atoms with Gasteiger partial charge in [-0.1, -0.05) is 24.3 Å². The van der Waals surface area contributed by atoms with Gasteiger partial charge in [0.1, 0.15) is 69.1 Å². The summed E-state index contributed by atoms with van der Waals surface area (Å²) in [6, 6.07) is 40.5. The van der Waals surface area contributed by atoms with Crippen LogP contribution in [0.4, 0.5) is 73.6 Å². The molecule has 16 aromatic rings. The largest absolute Gasteiger partial charge is 0.390 e. The highest BCUT2D eigenvalue weighted by Crippen LogP contribution is 2.43. The minimum atomic E-state index is -0.699. The Morgan fingerprint density at radius 3 is 1.46 bits per heavy atom. The summed E-state index contributed by atoms with van der Waals surface area (Å²) in [7, 11) is 8.06. The number of anilines is 12. The lowest BCUT2D eigenvalue weighted by atomic mass is 9.84. The number of piperazine rings is 2. The van der Waals surface area contributed by atoms with E-state index in [0.717, 1.165) is 233 Å². The summed E-state index contributed by atoms with van der Waals surface area (Å²) >= 11 is 0.